The van der Waals surface area contributed by atoms with Crippen LogP contribution in [-0.4, -0.2) is 18.9 Å². The van der Waals surface area contributed by atoms with Gasteiger partial charge in [0.15, 0.2) is 0 Å². The third kappa shape index (κ3) is 2.94. The van der Waals surface area contributed by atoms with Crippen molar-refractivity contribution in [2.75, 3.05) is 7.11 Å². The second-order valence-corrected chi connectivity index (χ2v) is 5.79. The van der Waals surface area contributed by atoms with Gasteiger partial charge in [-0.05, 0) is 5.56 Å². The fourth-order valence-electron chi connectivity index (χ4n) is 2.40. The van der Waals surface area contributed by atoms with Crippen LogP contribution in [0.5, 0.6) is 0 Å². The largest absolute Gasteiger partial charge is 0.465 e. The summed E-state index contributed by atoms with van der Waals surface area (Å²) < 4.78 is 4.85. The molecule has 0 fully saturated rings. The molecule has 0 aliphatic heterocycles. The maximum absolute atomic E-state index is 12.8. The summed E-state index contributed by atoms with van der Waals surface area (Å²) in [5.41, 5.74) is 2.48. The highest BCUT2D eigenvalue weighted by molar-refractivity contribution is 7.13. The molecule has 0 saturated heterocycles. The molecule has 0 atom stereocenters. The number of thiophene rings is 1. The van der Waals surface area contributed by atoms with Gasteiger partial charge in [0, 0.05) is 16.5 Å². The number of esters is 1. The molecule has 23 heavy (non-hydrogen) atoms. The first kappa shape index (κ1) is 15.2. The van der Waals surface area contributed by atoms with Gasteiger partial charge >= 0.3 is 5.97 Å². The third-order valence-electron chi connectivity index (χ3n) is 3.50. The van der Waals surface area contributed by atoms with Gasteiger partial charge in [-0.2, -0.15) is 0 Å². The Bertz CT molecular complexity index is 836. The predicted octanol–water partition coefficient (Wildman–Crippen LogP) is 4.43. The maximum atomic E-state index is 12.8. The second-order valence-electron chi connectivity index (χ2n) is 4.91. The van der Waals surface area contributed by atoms with E-state index in [1.165, 1.54) is 18.4 Å². The normalized spacial score (nSPS) is 10.3. The molecule has 0 bridgehead atoms. The standard InChI is InChI=1S/C19H14O3S/c1-22-19(21)15-12-23-18(16(15)13-8-4-2-5-9-13)17(20)14-10-6-3-7-11-14/h2-12H,1H3. The first-order valence-electron chi connectivity index (χ1n) is 7.07. The van der Waals surface area contributed by atoms with Crippen LogP contribution < -0.4 is 0 Å². The number of hydrogen-bond donors (Lipinski definition) is 0. The highest BCUT2D eigenvalue weighted by Gasteiger charge is 2.24. The lowest BCUT2D eigenvalue weighted by molar-refractivity contribution is 0.0602. The number of ether oxygens (including phenoxy) is 1. The minimum atomic E-state index is -0.438. The molecule has 4 heteroatoms. The predicted molar refractivity (Wildman–Crippen MR) is 91.0 cm³/mol. The van der Waals surface area contributed by atoms with Gasteiger partial charge in [0.05, 0.1) is 17.6 Å². The van der Waals surface area contributed by atoms with E-state index in [4.69, 9.17) is 4.74 Å². The molecule has 2 aromatic carbocycles. The zero-order chi connectivity index (χ0) is 16.2. The van der Waals surface area contributed by atoms with Gasteiger partial charge in [-0.1, -0.05) is 60.7 Å². The SMILES string of the molecule is COC(=O)c1csc(C(=O)c2ccccc2)c1-c1ccccc1. The Balaban J connectivity index is 2.17. The molecule has 0 N–H and O–H groups in total. The van der Waals surface area contributed by atoms with Crippen molar-refractivity contribution in [2.45, 2.75) is 0 Å². The van der Waals surface area contributed by atoms with E-state index in [1.54, 1.807) is 17.5 Å². The van der Waals surface area contributed by atoms with Crippen LogP contribution in [0, 0.1) is 0 Å². The molecule has 3 rings (SSSR count). The number of hydrogen-bond acceptors (Lipinski definition) is 4. The summed E-state index contributed by atoms with van der Waals surface area (Å²) in [7, 11) is 1.34. The van der Waals surface area contributed by atoms with E-state index >= 15 is 0 Å². The number of ketones is 1. The van der Waals surface area contributed by atoms with E-state index in [0.29, 0.717) is 21.6 Å². The topological polar surface area (TPSA) is 43.4 Å². The Morgan fingerprint density at radius 2 is 1.52 bits per heavy atom. The number of rotatable bonds is 4. The van der Waals surface area contributed by atoms with Crippen molar-refractivity contribution < 1.29 is 14.3 Å². The first-order valence-corrected chi connectivity index (χ1v) is 7.95. The van der Waals surface area contributed by atoms with Crippen LogP contribution in [-0.2, 0) is 4.74 Å². The van der Waals surface area contributed by atoms with Gasteiger partial charge in [-0.25, -0.2) is 4.79 Å². The van der Waals surface area contributed by atoms with Crippen LogP contribution in [0.1, 0.15) is 25.6 Å². The third-order valence-corrected chi connectivity index (χ3v) is 4.48. The number of carbonyl (C=O) groups excluding carboxylic acids is 2. The maximum Gasteiger partial charge on any atom is 0.339 e. The van der Waals surface area contributed by atoms with Crippen molar-refractivity contribution in [1.82, 2.24) is 0 Å². The summed E-state index contributed by atoms with van der Waals surface area (Å²) in [6.45, 7) is 0. The Kier molecular flexibility index (Phi) is 4.35. The quantitative estimate of drug-likeness (QED) is 0.527. The monoisotopic (exact) mass is 322 g/mol. The Labute approximate surface area is 138 Å². The zero-order valence-electron chi connectivity index (χ0n) is 12.5. The minimum absolute atomic E-state index is 0.0930. The Hall–Kier alpha value is -2.72. The summed E-state index contributed by atoms with van der Waals surface area (Å²) in [6, 6.07) is 18.5. The smallest absolute Gasteiger partial charge is 0.339 e. The lowest BCUT2D eigenvalue weighted by Crippen LogP contribution is -2.05. The van der Waals surface area contributed by atoms with E-state index in [0.717, 1.165) is 5.56 Å². The lowest BCUT2D eigenvalue weighted by Gasteiger charge is -2.07. The van der Waals surface area contributed by atoms with Gasteiger partial charge in [-0.3, -0.25) is 4.79 Å². The highest BCUT2D eigenvalue weighted by atomic mass is 32.1. The van der Waals surface area contributed by atoms with Crippen molar-refractivity contribution in [1.29, 1.82) is 0 Å². The van der Waals surface area contributed by atoms with Crippen molar-refractivity contribution in [3.8, 4) is 11.1 Å². The number of methoxy groups -OCH3 is 1. The molecule has 3 aromatic rings. The fourth-order valence-corrected chi connectivity index (χ4v) is 3.42. The summed E-state index contributed by atoms with van der Waals surface area (Å²) in [5, 5.41) is 1.68. The van der Waals surface area contributed by atoms with Gasteiger partial charge in [0.25, 0.3) is 0 Å². The van der Waals surface area contributed by atoms with Crippen molar-refractivity contribution in [3.63, 3.8) is 0 Å². The molecular formula is C19H14O3S. The van der Waals surface area contributed by atoms with E-state index in [-0.39, 0.29) is 5.78 Å². The fraction of sp³-hybridized carbons (Fsp3) is 0.0526. The molecule has 1 aromatic heterocycles. The molecule has 0 spiro atoms. The molecule has 3 nitrogen and oxygen atoms in total. The summed E-state index contributed by atoms with van der Waals surface area (Å²) in [6.07, 6.45) is 0. The Morgan fingerprint density at radius 1 is 0.913 bits per heavy atom. The summed E-state index contributed by atoms with van der Waals surface area (Å²) in [5.74, 6) is -0.531. The van der Waals surface area contributed by atoms with Crippen LogP contribution in [0.15, 0.2) is 66.0 Å². The van der Waals surface area contributed by atoms with Gasteiger partial charge < -0.3 is 4.74 Å². The molecule has 0 aliphatic rings. The average molecular weight is 322 g/mol. The van der Waals surface area contributed by atoms with Crippen LogP contribution in [0.2, 0.25) is 0 Å². The van der Waals surface area contributed by atoms with E-state index in [2.05, 4.69) is 0 Å². The lowest BCUT2D eigenvalue weighted by atomic mass is 9.98. The van der Waals surface area contributed by atoms with Gasteiger partial charge in [-0.15, -0.1) is 11.3 Å². The van der Waals surface area contributed by atoms with E-state index in [1.807, 2.05) is 48.5 Å². The van der Waals surface area contributed by atoms with Crippen LogP contribution >= 0.6 is 11.3 Å². The second kappa shape index (κ2) is 6.58. The van der Waals surface area contributed by atoms with Crippen LogP contribution in [0.3, 0.4) is 0 Å². The van der Waals surface area contributed by atoms with Gasteiger partial charge in [0.2, 0.25) is 5.78 Å². The van der Waals surface area contributed by atoms with Crippen molar-refractivity contribution in [2.24, 2.45) is 0 Å². The molecular weight excluding hydrogens is 308 g/mol. The zero-order valence-corrected chi connectivity index (χ0v) is 13.3. The molecule has 1 heterocycles. The van der Waals surface area contributed by atoms with Gasteiger partial charge in [0.1, 0.15) is 0 Å². The average Bonchev–Trinajstić information content (AvgIpc) is 3.07. The van der Waals surface area contributed by atoms with Crippen LogP contribution in [0.4, 0.5) is 0 Å². The summed E-state index contributed by atoms with van der Waals surface area (Å²) in [4.78, 5) is 25.4. The Morgan fingerprint density at radius 3 is 2.13 bits per heavy atom. The molecule has 114 valence electrons. The highest BCUT2D eigenvalue weighted by Crippen LogP contribution is 2.35. The van der Waals surface area contributed by atoms with Crippen molar-refractivity contribution >= 4 is 23.1 Å². The minimum Gasteiger partial charge on any atom is -0.465 e. The molecule has 0 amide bonds. The molecule has 0 unspecified atom stereocenters. The summed E-state index contributed by atoms with van der Waals surface area (Å²) >= 11 is 1.27. The number of carbonyl (C=O) groups is 2. The molecule has 0 aliphatic carbocycles. The van der Waals surface area contributed by atoms with Crippen molar-refractivity contribution in [3.05, 3.63) is 82.0 Å². The van der Waals surface area contributed by atoms with E-state index in [9.17, 15) is 9.59 Å². The first-order chi connectivity index (χ1) is 11.2. The molecule has 0 saturated carbocycles. The molecule has 0 radical (unpaired) electrons. The van der Waals surface area contributed by atoms with Crippen LogP contribution in [0.25, 0.3) is 11.1 Å². The van der Waals surface area contributed by atoms with E-state index < -0.39 is 5.97 Å². The number of benzene rings is 2.